The largest absolute Gasteiger partial charge is 0.327 e. The predicted octanol–water partition coefficient (Wildman–Crippen LogP) is 14.1. The zero-order valence-electron chi connectivity index (χ0n) is 32.5. The van der Waals surface area contributed by atoms with Gasteiger partial charge in [0.2, 0.25) is 0 Å². The first kappa shape index (κ1) is 34.4. The van der Waals surface area contributed by atoms with E-state index in [9.17, 15) is 0 Å². The van der Waals surface area contributed by atoms with Gasteiger partial charge in [0, 0.05) is 40.8 Å². The molecule has 3 aromatic heterocycles. The third-order valence-corrected chi connectivity index (χ3v) is 11.6. The molecule has 0 bridgehead atoms. The van der Waals surface area contributed by atoms with E-state index in [2.05, 4.69) is 210 Å². The fraction of sp³-hybridized carbons (Fsp3) is 0.0182. The van der Waals surface area contributed by atoms with E-state index in [1.54, 1.807) is 0 Å². The van der Waals surface area contributed by atoms with Crippen LogP contribution in [0.3, 0.4) is 0 Å². The average molecular weight is 755 g/mol. The monoisotopic (exact) mass is 754 g/mol. The van der Waals surface area contributed by atoms with E-state index >= 15 is 0 Å². The van der Waals surface area contributed by atoms with E-state index in [4.69, 9.17) is 9.97 Å². The fourth-order valence-corrected chi connectivity index (χ4v) is 8.63. The lowest BCUT2D eigenvalue weighted by Gasteiger charge is -2.14. The maximum atomic E-state index is 5.28. The summed E-state index contributed by atoms with van der Waals surface area (Å²) in [5.41, 5.74) is 17.9. The molecule has 0 aliphatic rings. The van der Waals surface area contributed by atoms with Crippen molar-refractivity contribution < 1.29 is 0 Å². The average Bonchev–Trinajstić information content (AvgIpc) is 3.82. The van der Waals surface area contributed by atoms with Crippen LogP contribution in [-0.2, 0) is 7.05 Å². The van der Waals surface area contributed by atoms with E-state index in [1.807, 2.05) is 18.3 Å². The summed E-state index contributed by atoms with van der Waals surface area (Å²) in [4.78, 5) is 9.98. The molecule has 0 spiro atoms. The van der Waals surface area contributed by atoms with Gasteiger partial charge in [-0.3, -0.25) is 4.98 Å². The van der Waals surface area contributed by atoms with Crippen molar-refractivity contribution in [3.8, 4) is 72.8 Å². The van der Waals surface area contributed by atoms with Crippen LogP contribution in [0.1, 0.15) is 0 Å². The molecule has 4 heteroatoms. The summed E-state index contributed by atoms with van der Waals surface area (Å²) in [6.07, 6.45) is 1.85. The second kappa shape index (κ2) is 14.3. The molecule has 0 aliphatic carbocycles. The zero-order valence-corrected chi connectivity index (χ0v) is 32.5. The molecule has 0 amide bonds. The van der Waals surface area contributed by atoms with Crippen LogP contribution < -0.4 is 0 Å². The van der Waals surface area contributed by atoms with Crippen LogP contribution in [0.4, 0.5) is 0 Å². The van der Waals surface area contributed by atoms with Gasteiger partial charge in [-0.15, -0.1) is 0 Å². The van der Waals surface area contributed by atoms with Gasteiger partial charge in [-0.2, -0.15) is 0 Å². The first-order valence-electron chi connectivity index (χ1n) is 20.0. The molecule has 3 heterocycles. The molecule has 59 heavy (non-hydrogen) atoms. The van der Waals surface area contributed by atoms with E-state index < -0.39 is 0 Å². The van der Waals surface area contributed by atoms with Crippen LogP contribution in [-0.4, -0.2) is 19.1 Å². The maximum Gasteiger partial charge on any atom is 0.141 e. The summed E-state index contributed by atoms with van der Waals surface area (Å²) in [7, 11) is 2.12. The molecular formula is C55H38N4. The minimum absolute atomic E-state index is 0.925. The number of benzene rings is 8. The number of para-hydroxylation sites is 2. The van der Waals surface area contributed by atoms with Crippen molar-refractivity contribution in [1.82, 2.24) is 19.1 Å². The van der Waals surface area contributed by atoms with Gasteiger partial charge in [0.1, 0.15) is 5.82 Å². The third-order valence-electron chi connectivity index (χ3n) is 11.6. The van der Waals surface area contributed by atoms with Gasteiger partial charge in [-0.05, 0) is 105 Å². The summed E-state index contributed by atoms with van der Waals surface area (Å²) in [6, 6.07) is 73.9. The molecule has 11 aromatic rings. The lowest BCUT2D eigenvalue weighted by molar-refractivity contribution is 0.960. The molecule has 0 fully saturated rings. The molecule has 0 unspecified atom stereocenters. The SMILES string of the molecule is Cn1c(-c2cc3c(cc2-c2ccc(-c4ccccc4)cc2)c2cc(-c4ccc(-c5ccccc5)cc4)ccc2n3-c2cccc(-c3ccccn3)c2)nc2ccccc21. The van der Waals surface area contributed by atoms with Crippen LogP contribution in [0, 0.1) is 0 Å². The van der Waals surface area contributed by atoms with Crippen molar-refractivity contribution in [3.63, 3.8) is 0 Å². The smallest absolute Gasteiger partial charge is 0.141 e. The van der Waals surface area contributed by atoms with Crippen molar-refractivity contribution in [3.05, 3.63) is 212 Å². The molecule has 11 rings (SSSR count). The first-order valence-corrected chi connectivity index (χ1v) is 20.0. The molecule has 278 valence electrons. The Morgan fingerprint density at radius 3 is 1.63 bits per heavy atom. The first-order chi connectivity index (χ1) is 29.2. The Morgan fingerprint density at radius 1 is 0.373 bits per heavy atom. The Hall–Kier alpha value is -7.82. The van der Waals surface area contributed by atoms with Crippen LogP contribution in [0.25, 0.3) is 106 Å². The third kappa shape index (κ3) is 6.10. The highest BCUT2D eigenvalue weighted by Crippen LogP contribution is 2.43. The summed E-state index contributed by atoms with van der Waals surface area (Å²) >= 11 is 0. The normalized spacial score (nSPS) is 11.5. The number of aryl methyl sites for hydroxylation is 1. The van der Waals surface area contributed by atoms with E-state index in [0.29, 0.717) is 0 Å². The topological polar surface area (TPSA) is 35.6 Å². The molecular weight excluding hydrogens is 717 g/mol. The number of fused-ring (bicyclic) bond motifs is 4. The van der Waals surface area contributed by atoms with Crippen molar-refractivity contribution in [1.29, 1.82) is 0 Å². The van der Waals surface area contributed by atoms with Crippen LogP contribution in [0.15, 0.2) is 212 Å². The van der Waals surface area contributed by atoms with Crippen molar-refractivity contribution in [2.75, 3.05) is 0 Å². The van der Waals surface area contributed by atoms with Gasteiger partial charge in [-0.25, -0.2) is 4.98 Å². The predicted molar refractivity (Wildman–Crippen MR) is 245 cm³/mol. The molecule has 0 saturated carbocycles. The molecule has 0 radical (unpaired) electrons. The van der Waals surface area contributed by atoms with Crippen molar-refractivity contribution >= 4 is 32.8 Å². The number of pyridine rings is 1. The van der Waals surface area contributed by atoms with E-state index in [-0.39, 0.29) is 0 Å². The van der Waals surface area contributed by atoms with Gasteiger partial charge >= 0.3 is 0 Å². The second-order valence-electron chi connectivity index (χ2n) is 15.1. The van der Waals surface area contributed by atoms with Crippen LogP contribution in [0.5, 0.6) is 0 Å². The quantitative estimate of drug-likeness (QED) is 0.162. The molecule has 4 nitrogen and oxygen atoms in total. The standard InChI is InChI=1S/C55H38N4/c1-58-53-21-9-8-20-51(53)57-55(58)49-36-54-48(35-46(49)42-28-26-40(27-29-42)38-15-6-3-7-16-38)47-34-43(41-24-22-39(23-25-41)37-13-4-2-5-14-37)30-31-52(47)59(54)45-18-12-17-44(33-45)50-19-10-11-32-56-50/h2-36H,1H3. The summed E-state index contributed by atoms with van der Waals surface area (Å²) in [5.74, 6) is 0.925. The number of imidazole rings is 1. The van der Waals surface area contributed by atoms with Crippen LogP contribution >= 0.6 is 0 Å². The summed E-state index contributed by atoms with van der Waals surface area (Å²) in [5, 5.41) is 2.36. The fourth-order valence-electron chi connectivity index (χ4n) is 8.63. The molecule has 0 saturated heterocycles. The Balaban J connectivity index is 1.17. The van der Waals surface area contributed by atoms with Gasteiger partial charge in [0.15, 0.2) is 0 Å². The van der Waals surface area contributed by atoms with Crippen molar-refractivity contribution in [2.45, 2.75) is 0 Å². The Kier molecular flexibility index (Phi) is 8.34. The lowest BCUT2D eigenvalue weighted by Crippen LogP contribution is -1.98. The van der Waals surface area contributed by atoms with Gasteiger partial charge < -0.3 is 9.13 Å². The minimum atomic E-state index is 0.925. The lowest BCUT2D eigenvalue weighted by atomic mass is 9.94. The van der Waals surface area contributed by atoms with Crippen LogP contribution in [0.2, 0.25) is 0 Å². The number of hydrogen-bond acceptors (Lipinski definition) is 2. The molecule has 0 atom stereocenters. The maximum absolute atomic E-state index is 5.28. The number of rotatable bonds is 7. The van der Waals surface area contributed by atoms with Gasteiger partial charge in [0.05, 0.1) is 27.8 Å². The number of aromatic nitrogens is 4. The Labute approximate surface area is 343 Å². The number of hydrogen-bond donors (Lipinski definition) is 0. The zero-order chi connectivity index (χ0) is 39.3. The van der Waals surface area contributed by atoms with E-state index in [1.165, 1.54) is 44.2 Å². The molecule has 8 aromatic carbocycles. The summed E-state index contributed by atoms with van der Waals surface area (Å²) < 4.78 is 4.64. The van der Waals surface area contributed by atoms with E-state index in [0.717, 1.165) is 61.5 Å². The Bertz CT molecular complexity index is 3290. The molecule has 0 N–H and O–H groups in total. The second-order valence-corrected chi connectivity index (χ2v) is 15.1. The highest BCUT2D eigenvalue weighted by molar-refractivity contribution is 6.13. The van der Waals surface area contributed by atoms with Crippen molar-refractivity contribution in [2.24, 2.45) is 7.05 Å². The number of nitrogens with zero attached hydrogens (tertiary/aromatic N) is 4. The highest BCUT2D eigenvalue weighted by Gasteiger charge is 2.21. The minimum Gasteiger partial charge on any atom is -0.327 e. The molecule has 0 aliphatic heterocycles. The summed E-state index contributed by atoms with van der Waals surface area (Å²) in [6.45, 7) is 0. The van der Waals surface area contributed by atoms with Gasteiger partial charge in [-0.1, -0.05) is 146 Å². The highest BCUT2D eigenvalue weighted by atomic mass is 15.1. The Morgan fingerprint density at radius 2 is 0.949 bits per heavy atom. The van der Waals surface area contributed by atoms with Gasteiger partial charge in [0.25, 0.3) is 0 Å².